The third kappa shape index (κ3) is 5.68. The zero-order chi connectivity index (χ0) is 23.8. The van der Waals surface area contributed by atoms with Gasteiger partial charge in [0.1, 0.15) is 11.6 Å². The normalized spacial score (nSPS) is 12.2. The molecular formula is C26H30N4O3. The second kappa shape index (κ2) is 11.1. The minimum Gasteiger partial charge on any atom is -0.493 e. The molecule has 2 aromatic heterocycles. The lowest BCUT2D eigenvalue weighted by atomic mass is 10.1. The number of rotatable bonds is 10. The van der Waals surface area contributed by atoms with Crippen LogP contribution in [-0.2, 0) is 12.8 Å². The fourth-order valence-electron chi connectivity index (χ4n) is 3.63. The molecule has 0 amide bonds. The van der Waals surface area contributed by atoms with E-state index in [9.17, 15) is 4.79 Å². The van der Waals surface area contributed by atoms with Crippen molar-refractivity contribution in [2.24, 2.45) is 0 Å². The number of methoxy groups -OCH3 is 2. The quantitative estimate of drug-likeness (QED) is 0.464. The average Bonchev–Trinajstić information content (AvgIpc) is 3.12. The largest absolute Gasteiger partial charge is 0.493 e. The number of aromatic nitrogens is 4. The summed E-state index contributed by atoms with van der Waals surface area (Å²) in [4.78, 5) is 20.3. The van der Waals surface area contributed by atoms with Crippen LogP contribution < -0.4 is 15.0 Å². The van der Waals surface area contributed by atoms with Gasteiger partial charge < -0.3 is 14.5 Å². The Morgan fingerprint density at radius 1 is 1.21 bits per heavy atom. The lowest BCUT2D eigenvalue weighted by Crippen LogP contribution is -2.17. The summed E-state index contributed by atoms with van der Waals surface area (Å²) in [5, 5.41) is 4.69. The summed E-state index contributed by atoms with van der Waals surface area (Å²) in [5.41, 5.74) is 2.97. The van der Waals surface area contributed by atoms with Crippen LogP contribution in [0, 0.1) is 6.92 Å². The van der Waals surface area contributed by atoms with Crippen molar-refractivity contribution in [2.75, 3.05) is 14.2 Å². The molecule has 0 radical (unpaired) electrons. The van der Waals surface area contributed by atoms with Gasteiger partial charge in [-0.3, -0.25) is 4.79 Å². The number of allylic oxidation sites excluding steroid dienone is 7. The van der Waals surface area contributed by atoms with Crippen LogP contribution in [-0.4, -0.2) is 33.8 Å². The SMILES string of the molecule is C=C/C=C(\C=C/C)/C=C/CCc1nc(C)c2c(=O)[nH]c(Cc3ccc(OC)c(OC)c3)nn12. The fourth-order valence-corrected chi connectivity index (χ4v) is 3.63. The van der Waals surface area contributed by atoms with Crippen molar-refractivity contribution < 1.29 is 9.47 Å². The fraction of sp³-hybridized carbons (Fsp3) is 0.269. The predicted octanol–water partition coefficient (Wildman–Crippen LogP) is 4.51. The minimum atomic E-state index is -0.198. The van der Waals surface area contributed by atoms with Gasteiger partial charge in [0.25, 0.3) is 5.56 Å². The van der Waals surface area contributed by atoms with Gasteiger partial charge in [-0.25, -0.2) is 9.50 Å². The maximum absolute atomic E-state index is 12.8. The molecule has 7 heteroatoms. The van der Waals surface area contributed by atoms with Crippen LogP contribution in [0.15, 0.2) is 71.6 Å². The highest BCUT2D eigenvalue weighted by Crippen LogP contribution is 2.28. The summed E-state index contributed by atoms with van der Waals surface area (Å²) in [6.07, 6.45) is 13.7. The van der Waals surface area contributed by atoms with Crippen molar-refractivity contribution in [1.82, 2.24) is 19.6 Å². The minimum absolute atomic E-state index is 0.198. The maximum atomic E-state index is 12.8. The highest BCUT2D eigenvalue weighted by molar-refractivity contribution is 5.50. The van der Waals surface area contributed by atoms with Crippen LogP contribution >= 0.6 is 0 Å². The number of fused-ring (bicyclic) bond motifs is 1. The smallest absolute Gasteiger partial charge is 0.277 e. The summed E-state index contributed by atoms with van der Waals surface area (Å²) >= 11 is 0. The van der Waals surface area contributed by atoms with E-state index in [0.717, 1.165) is 23.4 Å². The van der Waals surface area contributed by atoms with Gasteiger partial charge in [-0.15, -0.1) is 0 Å². The molecule has 33 heavy (non-hydrogen) atoms. The number of ether oxygens (including phenoxy) is 2. The summed E-state index contributed by atoms with van der Waals surface area (Å²) in [5.74, 6) is 2.59. The predicted molar refractivity (Wildman–Crippen MR) is 131 cm³/mol. The van der Waals surface area contributed by atoms with E-state index in [1.165, 1.54) is 0 Å². The van der Waals surface area contributed by atoms with Gasteiger partial charge in [-0.05, 0) is 43.5 Å². The summed E-state index contributed by atoms with van der Waals surface area (Å²) in [7, 11) is 3.19. The highest BCUT2D eigenvalue weighted by atomic mass is 16.5. The van der Waals surface area contributed by atoms with Crippen molar-refractivity contribution in [1.29, 1.82) is 0 Å². The highest BCUT2D eigenvalue weighted by Gasteiger charge is 2.14. The molecule has 0 aliphatic heterocycles. The van der Waals surface area contributed by atoms with E-state index < -0.39 is 0 Å². The Bertz CT molecular complexity index is 1280. The molecule has 3 rings (SSSR count). The topological polar surface area (TPSA) is 81.5 Å². The molecule has 0 bridgehead atoms. The molecule has 0 unspecified atom stereocenters. The van der Waals surface area contributed by atoms with E-state index in [1.54, 1.807) is 24.8 Å². The van der Waals surface area contributed by atoms with E-state index in [1.807, 2.05) is 56.4 Å². The molecule has 1 N–H and O–H groups in total. The third-order valence-electron chi connectivity index (χ3n) is 5.12. The van der Waals surface area contributed by atoms with Gasteiger partial charge >= 0.3 is 0 Å². The van der Waals surface area contributed by atoms with Crippen LogP contribution in [0.2, 0.25) is 0 Å². The number of hydrogen-bond acceptors (Lipinski definition) is 5. The first-order valence-corrected chi connectivity index (χ1v) is 10.8. The Balaban J connectivity index is 1.86. The second-order valence-electron chi connectivity index (χ2n) is 7.48. The van der Waals surface area contributed by atoms with Crippen molar-refractivity contribution in [3.8, 4) is 11.5 Å². The molecule has 7 nitrogen and oxygen atoms in total. The molecule has 0 saturated carbocycles. The molecule has 0 saturated heterocycles. The molecule has 1 aromatic carbocycles. The number of nitrogens with zero attached hydrogens (tertiary/aromatic N) is 3. The summed E-state index contributed by atoms with van der Waals surface area (Å²) in [6, 6.07) is 5.65. The van der Waals surface area contributed by atoms with Gasteiger partial charge in [0.05, 0.1) is 19.9 Å². The number of H-pyrrole nitrogens is 1. The Kier molecular flexibility index (Phi) is 8.02. The molecule has 0 aliphatic carbocycles. The summed E-state index contributed by atoms with van der Waals surface area (Å²) in [6.45, 7) is 7.56. The molecule has 172 valence electrons. The standard InChI is InChI=1S/C26H30N4O3/c1-6-10-19(11-7-2)12-8-9-13-24-27-18(3)25-26(31)28-23(29-30(24)25)17-20-14-15-21(32-4)22(16-20)33-5/h6-8,10-12,14-16H,1,9,13,17H2,2-5H3,(H,28,29,31)/b11-7-,12-8+,19-10+. The van der Waals surface area contributed by atoms with Gasteiger partial charge in [-0.1, -0.05) is 49.1 Å². The van der Waals surface area contributed by atoms with E-state index in [0.29, 0.717) is 41.4 Å². The molecular weight excluding hydrogens is 416 g/mol. The van der Waals surface area contributed by atoms with Crippen molar-refractivity contribution in [3.05, 3.63) is 100 Å². The van der Waals surface area contributed by atoms with Gasteiger partial charge in [0, 0.05) is 12.8 Å². The average molecular weight is 447 g/mol. The Morgan fingerprint density at radius 3 is 2.70 bits per heavy atom. The second-order valence-corrected chi connectivity index (χ2v) is 7.48. The van der Waals surface area contributed by atoms with Gasteiger partial charge in [0.2, 0.25) is 0 Å². The molecule has 3 aromatic rings. The lowest BCUT2D eigenvalue weighted by Gasteiger charge is -2.09. The number of aromatic amines is 1. The molecule has 0 atom stereocenters. The summed E-state index contributed by atoms with van der Waals surface area (Å²) < 4.78 is 12.3. The number of nitrogens with one attached hydrogen (secondary N) is 1. The monoisotopic (exact) mass is 446 g/mol. The van der Waals surface area contributed by atoms with Crippen LogP contribution in [0.1, 0.15) is 36.3 Å². The molecule has 0 aliphatic rings. The first-order valence-electron chi connectivity index (χ1n) is 10.8. The first kappa shape index (κ1) is 23.8. The maximum Gasteiger partial charge on any atom is 0.277 e. The Hall–Kier alpha value is -3.87. The van der Waals surface area contributed by atoms with E-state index >= 15 is 0 Å². The van der Waals surface area contributed by atoms with Crippen molar-refractivity contribution >= 4 is 5.52 Å². The zero-order valence-electron chi connectivity index (χ0n) is 19.6. The Morgan fingerprint density at radius 2 is 2.00 bits per heavy atom. The molecule has 0 fully saturated rings. The van der Waals surface area contributed by atoms with Crippen molar-refractivity contribution in [2.45, 2.75) is 33.1 Å². The van der Waals surface area contributed by atoms with Crippen LogP contribution in [0.5, 0.6) is 11.5 Å². The number of benzene rings is 1. The van der Waals surface area contributed by atoms with E-state index in [4.69, 9.17) is 9.47 Å². The number of imidazole rings is 1. The van der Waals surface area contributed by atoms with E-state index in [2.05, 4.69) is 27.7 Å². The zero-order valence-corrected chi connectivity index (χ0v) is 19.6. The third-order valence-corrected chi connectivity index (χ3v) is 5.12. The van der Waals surface area contributed by atoms with Gasteiger partial charge in [0.15, 0.2) is 17.0 Å². The van der Waals surface area contributed by atoms with E-state index in [-0.39, 0.29) is 5.56 Å². The van der Waals surface area contributed by atoms with Gasteiger partial charge in [-0.2, -0.15) is 5.10 Å². The van der Waals surface area contributed by atoms with Crippen LogP contribution in [0.4, 0.5) is 0 Å². The Labute approximate surface area is 193 Å². The number of aryl methyl sites for hydroxylation is 2. The lowest BCUT2D eigenvalue weighted by molar-refractivity contribution is 0.354. The molecule has 2 heterocycles. The van der Waals surface area contributed by atoms with Crippen molar-refractivity contribution in [3.63, 3.8) is 0 Å². The molecule has 0 spiro atoms. The van der Waals surface area contributed by atoms with Crippen LogP contribution in [0.25, 0.3) is 5.52 Å². The number of hydrogen-bond donors (Lipinski definition) is 1. The van der Waals surface area contributed by atoms with Crippen LogP contribution in [0.3, 0.4) is 0 Å². The first-order chi connectivity index (χ1) is 16.0.